The van der Waals surface area contributed by atoms with Crippen LogP contribution in [-0.2, 0) is 22.6 Å². The summed E-state index contributed by atoms with van der Waals surface area (Å²) in [5.74, 6) is -1.77. The van der Waals surface area contributed by atoms with Crippen LogP contribution in [0.25, 0.3) is 10.2 Å². The van der Waals surface area contributed by atoms with Gasteiger partial charge in [0.25, 0.3) is 0 Å². The molecule has 186 valence electrons. The van der Waals surface area contributed by atoms with Crippen molar-refractivity contribution in [2.75, 3.05) is 18.1 Å². The van der Waals surface area contributed by atoms with E-state index in [0.29, 0.717) is 17.9 Å². The first-order valence-corrected chi connectivity index (χ1v) is 11.3. The van der Waals surface area contributed by atoms with Crippen molar-refractivity contribution in [3.05, 3.63) is 95.0 Å². The van der Waals surface area contributed by atoms with E-state index in [1.807, 2.05) is 48.5 Å². The number of carbonyl (C=O) groups excluding carboxylic acids is 1. The van der Waals surface area contributed by atoms with Crippen molar-refractivity contribution < 1.29 is 18.3 Å². The number of amides is 1. The first kappa shape index (κ1) is 28.7. The Morgan fingerprint density at radius 2 is 1.74 bits per heavy atom. The number of hydrogen-bond donors (Lipinski definition) is 1. The van der Waals surface area contributed by atoms with Crippen molar-refractivity contribution in [2.24, 2.45) is 5.73 Å². The van der Waals surface area contributed by atoms with Crippen molar-refractivity contribution in [1.82, 2.24) is 4.98 Å². The Bertz CT molecular complexity index is 1220. The lowest BCUT2D eigenvalue weighted by atomic mass is 10.0. The number of ether oxygens (including phenoxy) is 1. The van der Waals surface area contributed by atoms with Gasteiger partial charge in [-0.2, -0.15) is 13.5 Å². The van der Waals surface area contributed by atoms with Gasteiger partial charge < -0.3 is 15.4 Å². The molecule has 1 atom stereocenters. The number of nitrogens with two attached hydrogens (primary N) is 1. The number of halogens is 3. The molecule has 0 unspecified atom stereocenters. The molecule has 0 saturated heterocycles. The van der Waals surface area contributed by atoms with Gasteiger partial charge >= 0.3 is 0 Å². The summed E-state index contributed by atoms with van der Waals surface area (Å²) in [6.07, 6.45) is 0.00777. The molecule has 10 heteroatoms. The molecule has 0 bridgehead atoms. The lowest BCUT2D eigenvalue weighted by Crippen LogP contribution is -2.46. The number of thiazole rings is 1. The molecule has 0 saturated carbocycles. The third-order valence-electron chi connectivity index (χ3n) is 5.16. The number of fused-ring (bicyclic) bond motifs is 1. The van der Waals surface area contributed by atoms with Crippen LogP contribution in [0.5, 0.6) is 0 Å². The lowest BCUT2D eigenvalue weighted by molar-refractivity contribution is -0.120. The zero-order chi connectivity index (χ0) is 23.2. The molecule has 0 fully saturated rings. The highest BCUT2D eigenvalue weighted by atomic mass is 35.5. The normalized spacial score (nSPS) is 11.4. The van der Waals surface area contributed by atoms with Gasteiger partial charge in [-0.25, -0.2) is 13.8 Å². The Morgan fingerprint density at radius 1 is 1.03 bits per heavy atom. The molecule has 4 rings (SSSR count). The molecule has 1 heterocycles. The van der Waals surface area contributed by atoms with E-state index < -0.39 is 17.7 Å². The summed E-state index contributed by atoms with van der Waals surface area (Å²) in [5.41, 5.74) is 10.7. The maximum absolute atomic E-state index is 13.6. The zero-order valence-corrected chi connectivity index (χ0v) is 21.3. The third-order valence-corrected chi connectivity index (χ3v) is 5.97. The molecule has 0 aliphatic carbocycles. The first-order chi connectivity index (χ1) is 16.0. The van der Waals surface area contributed by atoms with Gasteiger partial charge in [-0.05, 0) is 47.9 Å². The molecule has 0 spiro atoms. The van der Waals surface area contributed by atoms with Crippen molar-refractivity contribution in [3.63, 3.8) is 0 Å². The maximum Gasteiger partial charge on any atom is 0.244 e. The fourth-order valence-electron chi connectivity index (χ4n) is 3.57. The van der Waals surface area contributed by atoms with Gasteiger partial charge in [0, 0.05) is 18.3 Å². The standard InChI is InChI=1S/C25H23F2N3O2S.ClH.H2S/c26-19-10-18(11-20(27)13-19)12-22(28)25(31)30(8-9-32-15-17-4-2-1-3-5-17)21-6-7-24-23(14-21)29-16-33-24;;/h1-7,10-11,13-14,16,22H,8-9,12,15,28H2;1H;1H2/t22-;;/m0../s1. The average Bonchev–Trinajstić information content (AvgIpc) is 3.26. The minimum absolute atomic E-state index is 0. The van der Waals surface area contributed by atoms with Crippen LogP contribution in [0.15, 0.2) is 72.2 Å². The van der Waals surface area contributed by atoms with E-state index in [4.69, 9.17) is 10.5 Å². The van der Waals surface area contributed by atoms with E-state index in [-0.39, 0.29) is 51.4 Å². The molecule has 1 aromatic heterocycles. The second kappa shape index (κ2) is 13.5. The summed E-state index contributed by atoms with van der Waals surface area (Å²) in [4.78, 5) is 19.2. The summed E-state index contributed by atoms with van der Waals surface area (Å²) in [6, 6.07) is 17.5. The summed E-state index contributed by atoms with van der Waals surface area (Å²) in [5, 5.41) is 0. The second-order valence-electron chi connectivity index (χ2n) is 7.62. The topological polar surface area (TPSA) is 68.5 Å². The molecule has 0 aliphatic heterocycles. The summed E-state index contributed by atoms with van der Waals surface area (Å²) < 4.78 is 33.9. The first-order valence-electron chi connectivity index (χ1n) is 10.5. The number of hydrogen-bond acceptors (Lipinski definition) is 5. The predicted molar refractivity (Wildman–Crippen MR) is 144 cm³/mol. The number of nitrogens with zero attached hydrogens (tertiary/aromatic N) is 2. The number of anilines is 1. The molecule has 35 heavy (non-hydrogen) atoms. The molecule has 4 aromatic rings. The molecular formula is C25H26ClF2N3O2S2. The van der Waals surface area contributed by atoms with Crippen molar-refractivity contribution >= 4 is 59.1 Å². The van der Waals surface area contributed by atoms with Crippen molar-refractivity contribution in [2.45, 2.75) is 19.1 Å². The molecule has 2 N–H and O–H groups in total. The van der Waals surface area contributed by atoms with Gasteiger partial charge in [-0.3, -0.25) is 4.79 Å². The van der Waals surface area contributed by atoms with Gasteiger partial charge in [0.2, 0.25) is 5.91 Å². The molecular weight excluding hydrogens is 512 g/mol. The number of benzene rings is 3. The summed E-state index contributed by atoms with van der Waals surface area (Å²) in [7, 11) is 0. The largest absolute Gasteiger partial charge is 0.375 e. The Kier molecular flexibility index (Phi) is 11.1. The van der Waals surface area contributed by atoms with Gasteiger partial charge in [0.15, 0.2) is 0 Å². The van der Waals surface area contributed by atoms with Crippen LogP contribution in [0.4, 0.5) is 14.5 Å². The SMILES string of the molecule is Cl.N[C@@H](Cc1cc(F)cc(F)c1)C(=O)N(CCOCc1ccccc1)c1ccc2scnc2c1.S. The van der Waals surface area contributed by atoms with Crippen LogP contribution in [0, 0.1) is 11.6 Å². The Hall–Kier alpha value is -2.56. The third kappa shape index (κ3) is 7.71. The number of aromatic nitrogens is 1. The Labute approximate surface area is 219 Å². The molecule has 0 radical (unpaired) electrons. The van der Waals surface area contributed by atoms with Gasteiger partial charge in [0.1, 0.15) is 11.6 Å². The summed E-state index contributed by atoms with van der Waals surface area (Å²) in [6.45, 7) is 0.978. The molecule has 1 amide bonds. The van der Waals surface area contributed by atoms with E-state index in [1.54, 1.807) is 10.4 Å². The van der Waals surface area contributed by atoms with Gasteiger partial charge in [-0.15, -0.1) is 23.7 Å². The van der Waals surface area contributed by atoms with Gasteiger partial charge in [0.05, 0.1) is 35.0 Å². The van der Waals surface area contributed by atoms with E-state index in [0.717, 1.165) is 21.8 Å². The minimum atomic E-state index is -0.980. The van der Waals surface area contributed by atoms with Crippen LogP contribution in [0.1, 0.15) is 11.1 Å². The number of carbonyl (C=O) groups is 1. The van der Waals surface area contributed by atoms with Crippen LogP contribution in [0.3, 0.4) is 0 Å². The van der Waals surface area contributed by atoms with Crippen LogP contribution in [-0.4, -0.2) is 30.1 Å². The highest BCUT2D eigenvalue weighted by molar-refractivity contribution is 7.59. The van der Waals surface area contributed by atoms with Gasteiger partial charge in [-0.1, -0.05) is 30.3 Å². The van der Waals surface area contributed by atoms with E-state index in [1.165, 1.54) is 23.5 Å². The highest BCUT2D eigenvalue weighted by Crippen LogP contribution is 2.25. The van der Waals surface area contributed by atoms with E-state index in [9.17, 15) is 13.6 Å². The van der Waals surface area contributed by atoms with E-state index in [2.05, 4.69) is 4.98 Å². The van der Waals surface area contributed by atoms with Crippen LogP contribution < -0.4 is 10.6 Å². The van der Waals surface area contributed by atoms with Crippen LogP contribution >= 0.6 is 37.2 Å². The maximum atomic E-state index is 13.6. The number of rotatable bonds is 9. The van der Waals surface area contributed by atoms with Crippen LogP contribution in [0.2, 0.25) is 0 Å². The highest BCUT2D eigenvalue weighted by Gasteiger charge is 2.23. The molecule has 3 aromatic carbocycles. The quantitative estimate of drug-likeness (QED) is 0.297. The van der Waals surface area contributed by atoms with E-state index >= 15 is 0 Å². The smallest absolute Gasteiger partial charge is 0.244 e. The fraction of sp³-hybridized carbons (Fsp3) is 0.200. The average molecular weight is 538 g/mol. The zero-order valence-electron chi connectivity index (χ0n) is 18.7. The fourth-order valence-corrected chi connectivity index (χ4v) is 4.23. The molecule has 0 aliphatic rings. The minimum Gasteiger partial charge on any atom is -0.375 e. The van der Waals surface area contributed by atoms with Crippen molar-refractivity contribution in [1.29, 1.82) is 0 Å². The Balaban J connectivity index is 0.00000216. The van der Waals surface area contributed by atoms with Crippen molar-refractivity contribution in [3.8, 4) is 0 Å². The Morgan fingerprint density at radius 3 is 2.46 bits per heavy atom. The predicted octanol–water partition coefficient (Wildman–Crippen LogP) is 5.23. The lowest BCUT2D eigenvalue weighted by Gasteiger charge is -2.26. The monoisotopic (exact) mass is 537 g/mol. The molecule has 5 nitrogen and oxygen atoms in total. The summed E-state index contributed by atoms with van der Waals surface area (Å²) >= 11 is 1.51. The second-order valence-corrected chi connectivity index (χ2v) is 8.51.